The summed E-state index contributed by atoms with van der Waals surface area (Å²) in [6.07, 6.45) is 8.23. The molecule has 2 heterocycles. The molecule has 1 amide bonds. The van der Waals surface area contributed by atoms with Crippen LogP contribution in [0.25, 0.3) is 0 Å². The van der Waals surface area contributed by atoms with Crippen molar-refractivity contribution in [3.8, 4) is 0 Å². The second-order valence-corrected chi connectivity index (χ2v) is 12.3. The molecule has 1 saturated carbocycles. The number of rotatable bonds is 6. The van der Waals surface area contributed by atoms with Crippen LogP contribution in [0.3, 0.4) is 0 Å². The number of hydrogen-bond acceptors (Lipinski definition) is 5. The summed E-state index contributed by atoms with van der Waals surface area (Å²) >= 11 is 5.83. The number of hydrogen-bond donors (Lipinski definition) is 2. The van der Waals surface area contributed by atoms with Crippen molar-refractivity contribution in [1.29, 1.82) is 0 Å². The predicted molar refractivity (Wildman–Crippen MR) is 133 cm³/mol. The maximum atomic E-state index is 12.4. The van der Waals surface area contributed by atoms with Crippen LogP contribution in [0.1, 0.15) is 43.7 Å². The summed E-state index contributed by atoms with van der Waals surface area (Å²) in [5, 5.41) is 6.86. The number of nitrogens with zero attached hydrogens (tertiary/aromatic N) is 3. The quantitative estimate of drug-likeness (QED) is 0.576. The number of carbonyl (C=O) groups excluding carboxylic acids is 1. The predicted octanol–water partition coefficient (Wildman–Crippen LogP) is 3.08. The third-order valence-electron chi connectivity index (χ3n) is 6.72. The van der Waals surface area contributed by atoms with E-state index in [1.54, 1.807) is 13.2 Å². The number of amides is 1. The van der Waals surface area contributed by atoms with Crippen LogP contribution in [0.15, 0.2) is 24.4 Å². The molecule has 32 heavy (non-hydrogen) atoms. The van der Waals surface area contributed by atoms with E-state index in [0.717, 1.165) is 61.9 Å². The number of nitrogens with one attached hydrogen (secondary N) is 2. The Balaban J connectivity index is 1.48. The van der Waals surface area contributed by atoms with Gasteiger partial charge in [-0.2, -0.15) is 0 Å². The molecular formula is C24H33AsClN5O. The number of likely N-dealkylation sites (N-methyl/N-ethyl adjacent to an activating group) is 1. The number of halogens is 1. The Labute approximate surface area is 202 Å². The third-order valence-corrected chi connectivity index (χ3v) is 10.9. The van der Waals surface area contributed by atoms with Gasteiger partial charge in [-0.15, -0.1) is 0 Å². The topological polar surface area (TPSA) is 70.2 Å². The van der Waals surface area contributed by atoms with Gasteiger partial charge in [0.1, 0.15) is 0 Å². The van der Waals surface area contributed by atoms with Crippen LogP contribution in [0.5, 0.6) is 0 Å². The molecule has 1 fully saturated rings. The van der Waals surface area contributed by atoms with E-state index in [1.165, 1.54) is 17.5 Å². The zero-order valence-electron chi connectivity index (χ0n) is 19.0. The average molecular weight is 518 g/mol. The molecule has 0 bridgehead atoms. The second kappa shape index (κ2) is 11.0. The Morgan fingerprint density at radius 2 is 2.00 bits per heavy atom. The van der Waals surface area contributed by atoms with Gasteiger partial charge in [0.2, 0.25) is 0 Å². The standard InChI is InChI=1S/C24H33AsClN5O/c1-3-31-12-10-16-8-9-18(14-17(16)11-13-31)29-24-28-15-21(26)22(30-24)25-20-7-5-4-6-19(20)23(32)27-2/h8-9,14-15,19-20,25H,3-7,10-13H2,1-2H3,(H,27,32)(H,28,29,30)/t19-,20+/m1/s1. The van der Waals surface area contributed by atoms with Gasteiger partial charge < -0.3 is 0 Å². The van der Waals surface area contributed by atoms with Crippen molar-refractivity contribution in [3.63, 3.8) is 0 Å². The molecule has 4 rings (SSSR count). The molecule has 1 aromatic heterocycles. The van der Waals surface area contributed by atoms with Crippen LogP contribution >= 0.6 is 11.6 Å². The first-order chi connectivity index (χ1) is 15.6. The minimum absolute atomic E-state index is 0.0865. The molecule has 172 valence electrons. The summed E-state index contributed by atoms with van der Waals surface area (Å²) in [5.74, 6) is 0.835. The first-order valence-corrected chi connectivity index (χ1v) is 14.3. The van der Waals surface area contributed by atoms with E-state index in [0.29, 0.717) is 15.7 Å². The fourth-order valence-electron chi connectivity index (χ4n) is 4.80. The zero-order chi connectivity index (χ0) is 22.5. The SMILES string of the molecule is CCN1CCc2ccc(Nc3ncc(Cl)c([AsH][C@H]4CCCC[C@H]4C(=O)NC)n3)cc2CC1. The van der Waals surface area contributed by atoms with Crippen LogP contribution in [-0.2, 0) is 17.6 Å². The van der Waals surface area contributed by atoms with Crippen molar-refractivity contribution in [2.75, 3.05) is 32.0 Å². The first-order valence-electron chi connectivity index (χ1n) is 11.7. The van der Waals surface area contributed by atoms with E-state index in [2.05, 4.69) is 45.6 Å². The Hall–Kier alpha value is -1.62. The number of benzene rings is 1. The van der Waals surface area contributed by atoms with E-state index in [1.807, 2.05) is 0 Å². The Morgan fingerprint density at radius 1 is 1.22 bits per heavy atom. The first kappa shape index (κ1) is 23.5. The summed E-state index contributed by atoms with van der Waals surface area (Å²) < 4.78 is 1.33. The van der Waals surface area contributed by atoms with Crippen LogP contribution < -0.4 is 15.1 Å². The Bertz CT molecular complexity index is 956. The van der Waals surface area contributed by atoms with Gasteiger partial charge in [-0.05, 0) is 0 Å². The molecular weight excluding hydrogens is 485 g/mol. The molecule has 8 heteroatoms. The van der Waals surface area contributed by atoms with Gasteiger partial charge in [0.25, 0.3) is 0 Å². The van der Waals surface area contributed by atoms with Crippen molar-refractivity contribution < 1.29 is 4.79 Å². The van der Waals surface area contributed by atoms with Crippen LogP contribution in [-0.4, -0.2) is 63.2 Å². The molecule has 6 nitrogen and oxygen atoms in total. The van der Waals surface area contributed by atoms with E-state index in [-0.39, 0.29) is 11.8 Å². The van der Waals surface area contributed by atoms with Crippen molar-refractivity contribution in [2.45, 2.75) is 50.2 Å². The molecule has 2 aliphatic rings. The summed E-state index contributed by atoms with van der Waals surface area (Å²) in [4.78, 5) is 24.1. The maximum absolute atomic E-state index is 12.4. The molecule has 2 aromatic rings. The van der Waals surface area contributed by atoms with Crippen molar-refractivity contribution >= 4 is 49.4 Å². The molecule has 0 saturated heterocycles. The normalized spacial score (nSPS) is 21.8. The van der Waals surface area contributed by atoms with Crippen LogP contribution in [0.4, 0.5) is 11.6 Å². The molecule has 2 N–H and O–H groups in total. The van der Waals surface area contributed by atoms with E-state index in [4.69, 9.17) is 16.6 Å². The Kier molecular flexibility index (Phi) is 8.09. The Morgan fingerprint density at radius 3 is 2.78 bits per heavy atom. The molecule has 1 aliphatic heterocycles. The van der Waals surface area contributed by atoms with E-state index >= 15 is 0 Å². The molecule has 1 aliphatic carbocycles. The van der Waals surface area contributed by atoms with Crippen molar-refractivity contribution in [3.05, 3.63) is 40.5 Å². The van der Waals surface area contributed by atoms with Crippen molar-refractivity contribution in [2.24, 2.45) is 5.92 Å². The summed E-state index contributed by atoms with van der Waals surface area (Å²) in [6, 6.07) is 6.60. The number of carbonyl (C=O) groups is 1. The van der Waals surface area contributed by atoms with Gasteiger partial charge >= 0.3 is 203 Å². The number of fused-ring (bicyclic) bond motifs is 1. The van der Waals surface area contributed by atoms with Gasteiger partial charge in [0.05, 0.1) is 0 Å². The molecule has 0 spiro atoms. The van der Waals surface area contributed by atoms with E-state index in [9.17, 15) is 4.79 Å². The number of aromatic nitrogens is 2. The zero-order valence-corrected chi connectivity index (χ0v) is 21.8. The fraction of sp³-hybridized carbons (Fsp3) is 0.542. The fourth-order valence-corrected chi connectivity index (χ4v) is 8.52. The van der Waals surface area contributed by atoms with Crippen molar-refractivity contribution in [1.82, 2.24) is 20.2 Å². The second-order valence-electron chi connectivity index (χ2n) is 8.69. The van der Waals surface area contributed by atoms with Gasteiger partial charge in [-0.1, -0.05) is 0 Å². The number of anilines is 2. The molecule has 1 unspecified atom stereocenters. The van der Waals surface area contributed by atoms with Crippen LogP contribution in [0.2, 0.25) is 9.73 Å². The molecule has 0 radical (unpaired) electrons. The third kappa shape index (κ3) is 5.65. The van der Waals surface area contributed by atoms with Gasteiger partial charge in [0, 0.05) is 0 Å². The van der Waals surface area contributed by atoms with E-state index < -0.39 is 15.8 Å². The monoisotopic (exact) mass is 517 g/mol. The van der Waals surface area contributed by atoms with Crippen LogP contribution in [0, 0.1) is 5.92 Å². The molecule has 3 atom stereocenters. The average Bonchev–Trinajstić information content (AvgIpc) is 3.03. The van der Waals surface area contributed by atoms with Gasteiger partial charge in [0.15, 0.2) is 0 Å². The minimum atomic E-state index is -0.661. The summed E-state index contributed by atoms with van der Waals surface area (Å²) in [5.41, 5.74) is 3.86. The van der Waals surface area contributed by atoms with Gasteiger partial charge in [-0.25, -0.2) is 0 Å². The molecule has 1 aromatic carbocycles. The summed E-state index contributed by atoms with van der Waals surface area (Å²) in [7, 11) is 1.73. The van der Waals surface area contributed by atoms with Gasteiger partial charge in [-0.3, -0.25) is 0 Å². The summed E-state index contributed by atoms with van der Waals surface area (Å²) in [6.45, 7) is 5.56.